The zero-order chi connectivity index (χ0) is 18.7. The molecule has 1 aromatic carbocycles. The van der Waals surface area contributed by atoms with Gasteiger partial charge in [-0.15, -0.1) is 5.10 Å². The number of likely N-dealkylation sites (tertiary alicyclic amines) is 1. The third-order valence-electron chi connectivity index (χ3n) is 6.22. The molecule has 5 nitrogen and oxygen atoms in total. The van der Waals surface area contributed by atoms with Crippen molar-refractivity contribution in [3.05, 3.63) is 48.0 Å². The average molecular weight is 370 g/mol. The molecule has 4 rings (SSSR count). The minimum Gasteiger partial charge on any atom is -0.342 e. The minimum absolute atomic E-state index is 0.191. The summed E-state index contributed by atoms with van der Waals surface area (Å²) in [6.45, 7) is 2.33. The molecule has 0 spiro atoms. The first-order valence-electron chi connectivity index (χ1n) is 10.1. The molecule has 1 amide bonds. The van der Waals surface area contributed by atoms with E-state index in [1.54, 1.807) is 18.3 Å². The second-order valence-electron chi connectivity index (χ2n) is 8.04. The summed E-state index contributed by atoms with van der Waals surface area (Å²) >= 11 is 0. The Labute approximate surface area is 159 Å². The molecule has 0 radical (unpaired) electrons. The van der Waals surface area contributed by atoms with Crippen LogP contribution in [0.15, 0.2) is 36.7 Å². The molecule has 27 heavy (non-hydrogen) atoms. The number of rotatable bonds is 4. The van der Waals surface area contributed by atoms with E-state index < -0.39 is 5.41 Å². The predicted octanol–water partition coefficient (Wildman–Crippen LogP) is 3.56. The maximum Gasteiger partial charge on any atom is 0.233 e. The molecular weight excluding hydrogens is 343 g/mol. The molecular formula is C21H27FN4O. The average Bonchev–Trinajstić information content (AvgIpc) is 3.21. The van der Waals surface area contributed by atoms with Crippen molar-refractivity contribution in [2.24, 2.45) is 5.92 Å². The molecule has 2 heterocycles. The number of halogens is 1. The fourth-order valence-corrected chi connectivity index (χ4v) is 4.86. The molecule has 2 aromatic rings. The van der Waals surface area contributed by atoms with Crippen LogP contribution in [0.3, 0.4) is 0 Å². The van der Waals surface area contributed by atoms with E-state index in [1.807, 2.05) is 21.8 Å². The number of amides is 1. The minimum atomic E-state index is -0.560. The molecule has 2 fully saturated rings. The standard InChI is InChI=1S/C21H27FN4O/c22-19-8-4-7-18(14-19)21(9-2-1-3-10-21)20(27)25-12-5-6-17(15-25)16-26-13-11-23-24-26/h4,7-8,11,13-14,17H,1-3,5-6,9-10,12,15-16H2/t17-/m1/s1. The van der Waals surface area contributed by atoms with Gasteiger partial charge < -0.3 is 4.90 Å². The van der Waals surface area contributed by atoms with Crippen LogP contribution in [0, 0.1) is 11.7 Å². The van der Waals surface area contributed by atoms with Gasteiger partial charge in [0.15, 0.2) is 0 Å². The van der Waals surface area contributed by atoms with Crippen LogP contribution in [0.5, 0.6) is 0 Å². The molecule has 1 aromatic heterocycles. The van der Waals surface area contributed by atoms with Crippen molar-refractivity contribution >= 4 is 5.91 Å². The van der Waals surface area contributed by atoms with Crippen molar-refractivity contribution in [2.45, 2.75) is 56.9 Å². The van der Waals surface area contributed by atoms with Crippen LogP contribution in [0.4, 0.5) is 4.39 Å². The van der Waals surface area contributed by atoms with Gasteiger partial charge in [-0.3, -0.25) is 9.48 Å². The third kappa shape index (κ3) is 3.75. The van der Waals surface area contributed by atoms with Crippen molar-refractivity contribution in [1.29, 1.82) is 0 Å². The fourth-order valence-electron chi connectivity index (χ4n) is 4.86. The molecule has 1 saturated heterocycles. The zero-order valence-electron chi connectivity index (χ0n) is 15.7. The Kier molecular flexibility index (Phi) is 5.23. The number of benzene rings is 1. The lowest BCUT2D eigenvalue weighted by Crippen LogP contribution is -2.51. The number of nitrogens with zero attached hydrogens (tertiary/aromatic N) is 4. The first kappa shape index (κ1) is 18.1. The first-order valence-corrected chi connectivity index (χ1v) is 10.1. The Bertz CT molecular complexity index is 770. The van der Waals surface area contributed by atoms with Gasteiger partial charge in [0, 0.05) is 25.8 Å². The Morgan fingerprint density at radius 3 is 2.81 bits per heavy atom. The summed E-state index contributed by atoms with van der Waals surface area (Å²) < 4.78 is 15.8. The Hall–Kier alpha value is -2.24. The fraction of sp³-hybridized carbons (Fsp3) is 0.571. The smallest absolute Gasteiger partial charge is 0.233 e. The van der Waals surface area contributed by atoms with Crippen LogP contribution in [0.2, 0.25) is 0 Å². The molecule has 2 aliphatic rings. The molecule has 6 heteroatoms. The molecule has 1 aliphatic carbocycles. The van der Waals surface area contributed by atoms with E-state index in [0.29, 0.717) is 5.92 Å². The van der Waals surface area contributed by atoms with Gasteiger partial charge in [-0.25, -0.2) is 4.39 Å². The Morgan fingerprint density at radius 1 is 1.22 bits per heavy atom. The van der Waals surface area contributed by atoms with Crippen LogP contribution in [0.25, 0.3) is 0 Å². The van der Waals surface area contributed by atoms with Gasteiger partial charge >= 0.3 is 0 Å². The zero-order valence-corrected chi connectivity index (χ0v) is 15.7. The van der Waals surface area contributed by atoms with Gasteiger partial charge in [0.2, 0.25) is 5.91 Å². The summed E-state index contributed by atoms with van der Waals surface area (Å²) in [5, 5.41) is 7.93. The van der Waals surface area contributed by atoms with Crippen molar-refractivity contribution in [2.75, 3.05) is 13.1 Å². The van der Waals surface area contributed by atoms with E-state index in [2.05, 4.69) is 10.3 Å². The largest absolute Gasteiger partial charge is 0.342 e. The summed E-state index contributed by atoms with van der Waals surface area (Å²) in [5.41, 5.74) is 0.292. The topological polar surface area (TPSA) is 51.0 Å². The van der Waals surface area contributed by atoms with E-state index in [1.165, 1.54) is 6.07 Å². The Balaban J connectivity index is 1.56. The molecule has 0 unspecified atom stereocenters. The van der Waals surface area contributed by atoms with Crippen molar-refractivity contribution in [3.8, 4) is 0 Å². The summed E-state index contributed by atoms with van der Waals surface area (Å²) in [6.07, 6.45) is 10.5. The first-order chi connectivity index (χ1) is 13.2. The van der Waals surface area contributed by atoms with Crippen LogP contribution >= 0.6 is 0 Å². The van der Waals surface area contributed by atoms with Crippen molar-refractivity contribution in [1.82, 2.24) is 19.9 Å². The van der Waals surface area contributed by atoms with Crippen LogP contribution in [-0.2, 0) is 16.8 Å². The number of hydrogen-bond acceptors (Lipinski definition) is 3. The molecule has 1 saturated carbocycles. The number of hydrogen-bond donors (Lipinski definition) is 0. The van der Waals surface area contributed by atoms with Crippen molar-refractivity contribution in [3.63, 3.8) is 0 Å². The van der Waals surface area contributed by atoms with Crippen LogP contribution in [0.1, 0.15) is 50.5 Å². The van der Waals surface area contributed by atoms with Gasteiger partial charge in [0.05, 0.1) is 11.6 Å². The maximum absolute atomic E-state index is 13.9. The lowest BCUT2D eigenvalue weighted by Gasteiger charge is -2.43. The van der Waals surface area contributed by atoms with Gasteiger partial charge in [-0.05, 0) is 49.3 Å². The maximum atomic E-state index is 13.9. The van der Waals surface area contributed by atoms with Gasteiger partial charge in [0.25, 0.3) is 0 Å². The number of aromatic nitrogens is 3. The number of piperidine rings is 1. The highest BCUT2D eigenvalue weighted by molar-refractivity contribution is 5.88. The van der Waals surface area contributed by atoms with E-state index >= 15 is 0 Å². The van der Waals surface area contributed by atoms with E-state index in [0.717, 1.165) is 70.1 Å². The second kappa shape index (κ2) is 7.79. The summed E-state index contributed by atoms with van der Waals surface area (Å²) in [4.78, 5) is 15.7. The highest BCUT2D eigenvalue weighted by Gasteiger charge is 2.44. The van der Waals surface area contributed by atoms with E-state index in [-0.39, 0.29) is 11.7 Å². The molecule has 0 N–H and O–H groups in total. The van der Waals surface area contributed by atoms with Gasteiger partial charge in [-0.1, -0.05) is 36.6 Å². The monoisotopic (exact) mass is 370 g/mol. The van der Waals surface area contributed by atoms with Crippen molar-refractivity contribution < 1.29 is 9.18 Å². The lowest BCUT2D eigenvalue weighted by molar-refractivity contribution is -0.141. The van der Waals surface area contributed by atoms with Gasteiger partial charge in [0.1, 0.15) is 5.82 Å². The third-order valence-corrected chi connectivity index (χ3v) is 6.22. The predicted molar refractivity (Wildman–Crippen MR) is 100 cm³/mol. The molecule has 1 atom stereocenters. The Morgan fingerprint density at radius 2 is 2.07 bits per heavy atom. The summed E-state index contributed by atoms with van der Waals surface area (Å²) in [7, 11) is 0. The lowest BCUT2D eigenvalue weighted by atomic mass is 9.68. The van der Waals surface area contributed by atoms with E-state index in [9.17, 15) is 9.18 Å². The SMILES string of the molecule is O=C(N1CCC[C@@H](Cn2ccnn2)C1)C1(c2cccc(F)c2)CCCCC1. The molecule has 1 aliphatic heterocycles. The molecule has 144 valence electrons. The number of carbonyl (C=O) groups is 1. The summed E-state index contributed by atoms with van der Waals surface area (Å²) in [5.74, 6) is 0.321. The summed E-state index contributed by atoms with van der Waals surface area (Å²) in [6, 6.07) is 6.70. The quantitative estimate of drug-likeness (QED) is 0.827. The molecule has 0 bridgehead atoms. The van der Waals surface area contributed by atoms with Crippen LogP contribution in [-0.4, -0.2) is 38.9 Å². The number of carbonyl (C=O) groups excluding carboxylic acids is 1. The van der Waals surface area contributed by atoms with Crippen LogP contribution < -0.4 is 0 Å². The highest BCUT2D eigenvalue weighted by Crippen LogP contribution is 2.42. The highest BCUT2D eigenvalue weighted by atomic mass is 19.1. The van der Waals surface area contributed by atoms with E-state index in [4.69, 9.17) is 0 Å². The van der Waals surface area contributed by atoms with Gasteiger partial charge in [-0.2, -0.15) is 0 Å². The second-order valence-corrected chi connectivity index (χ2v) is 8.04. The normalized spacial score (nSPS) is 22.6.